The van der Waals surface area contributed by atoms with Gasteiger partial charge < -0.3 is 14.2 Å². The van der Waals surface area contributed by atoms with Crippen molar-refractivity contribution in [2.24, 2.45) is 11.3 Å². The molecule has 140 valence electrons. The summed E-state index contributed by atoms with van der Waals surface area (Å²) in [6, 6.07) is 0. The average Bonchev–Trinajstić information content (AvgIpc) is 2.55. The highest BCUT2D eigenvalue weighted by atomic mass is 16.6. The lowest BCUT2D eigenvalue weighted by molar-refractivity contribution is -0.175. The van der Waals surface area contributed by atoms with E-state index in [0.717, 1.165) is 25.7 Å². The van der Waals surface area contributed by atoms with Crippen LogP contribution in [0.1, 0.15) is 72.6 Å². The van der Waals surface area contributed by atoms with Gasteiger partial charge in [-0.2, -0.15) is 0 Å². The van der Waals surface area contributed by atoms with Crippen molar-refractivity contribution in [3.05, 3.63) is 0 Å². The second kappa shape index (κ2) is 9.40. The van der Waals surface area contributed by atoms with Crippen molar-refractivity contribution in [1.29, 1.82) is 0 Å². The first-order valence-corrected chi connectivity index (χ1v) is 9.15. The molecule has 0 aromatic rings. The first-order valence-electron chi connectivity index (χ1n) is 9.15. The summed E-state index contributed by atoms with van der Waals surface area (Å²) in [7, 11) is 1.67. The second-order valence-corrected chi connectivity index (χ2v) is 7.58. The Kier molecular flexibility index (Phi) is 8.20. The zero-order valence-corrected chi connectivity index (χ0v) is 16.0. The SMILES string of the molecule is CCC(C)(C)C(=O)OCCC(=O)OC1(C(C)COC)CCCCC1. The van der Waals surface area contributed by atoms with Crippen molar-refractivity contribution >= 4 is 11.9 Å². The van der Waals surface area contributed by atoms with Gasteiger partial charge in [-0.05, 0) is 46.0 Å². The Balaban J connectivity index is 2.52. The third kappa shape index (κ3) is 5.76. The second-order valence-electron chi connectivity index (χ2n) is 7.58. The minimum absolute atomic E-state index is 0.0792. The van der Waals surface area contributed by atoms with Crippen LogP contribution in [0.2, 0.25) is 0 Å². The minimum Gasteiger partial charge on any atom is -0.465 e. The van der Waals surface area contributed by atoms with E-state index in [1.165, 1.54) is 6.42 Å². The van der Waals surface area contributed by atoms with Gasteiger partial charge in [-0.3, -0.25) is 9.59 Å². The van der Waals surface area contributed by atoms with Crippen molar-refractivity contribution in [2.75, 3.05) is 20.3 Å². The fourth-order valence-electron chi connectivity index (χ4n) is 3.09. The highest BCUT2D eigenvalue weighted by Gasteiger charge is 2.41. The van der Waals surface area contributed by atoms with Crippen molar-refractivity contribution in [3.8, 4) is 0 Å². The third-order valence-corrected chi connectivity index (χ3v) is 5.31. The van der Waals surface area contributed by atoms with E-state index < -0.39 is 11.0 Å². The van der Waals surface area contributed by atoms with Crippen LogP contribution < -0.4 is 0 Å². The first-order chi connectivity index (χ1) is 11.3. The Hall–Kier alpha value is -1.10. The van der Waals surface area contributed by atoms with Gasteiger partial charge in [0.15, 0.2) is 0 Å². The maximum Gasteiger partial charge on any atom is 0.311 e. The summed E-state index contributed by atoms with van der Waals surface area (Å²) in [5, 5.41) is 0. The molecule has 5 heteroatoms. The topological polar surface area (TPSA) is 61.8 Å². The number of hydrogen-bond acceptors (Lipinski definition) is 5. The van der Waals surface area contributed by atoms with Crippen LogP contribution in [0.3, 0.4) is 0 Å². The number of esters is 2. The Bertz CT molecular complexity index is 410. The monoisotopic (exact) mass is 342 g/mol. The maximum atomic E-state index is 12.3. The molecule has 0 heterocycles. The number of rotatable bonds is 9. The van der Waals surface area contributed by atoms with Gasteiger partial charge in [0.25, 0.3) is 0 Å². The van der Waals surface area contributed by atoms with Gasteiger partial charge in [0, 0.05) is 13.0 Å². The molecule has 1 aliphatic carbocycles. The normalized spacial score (nSPS) is 18.7. The molecule has 1 unspecified atom stereocenters. The van der Waals surface area contributed by atoms with Crippen LogP contribution in [-0.2, 0) is 23.8 Å². The highest BCUT2D eigenvalue weighted by molar-refractivity contribution is 5.76. The van der Waals surface area contributed by atoms with Gasteiger partial charge in [-0.15, -0.1) is 0 Å². The fourth-order valence-corrected chi connectivity index (χ4v) is 3.09. The zero-order valence-electron chi connectivity index (χ0n) is 16.0. The van der Waals surface area contributed by atoms with Gasteiger partial charge in [-0.25, -0.2) is 0 Å². The number of carbonyl (C=O) groups is 2. The van der Waals surface area contributed by atoms with E-state index in [2.05, 4.69) is 6.92 Å². The molecular weight excluding hydrogens is 308 g/mol. The smallest absolute Gasteiger partial charge is 0.311 e. The van der Waals surface area contributed by atoms with Crippen LogP contribution in [0.15, 0.2) is 0 Å². The molecule has 0 saturated heterocycles. The Morgan fingerprint density at radius 2 is 1.79 bits per heavy atom. The number of methoxy groups -OCH3 is 1. The first kappa shape index (κ1) is 20.9. The molecule has 0 radical (unpaired) electrons. The molecule has 0 aromatic carbocycles. The van der Waals surface area contributed by atoms with E-state index >= 15 is 0 Å². The highest BCUT2D eigenvalue weighted by Crippen LogP contribution is 2.38. The summed E-state index contributed by atoms with van der Waals surface area (Å²) in [5.74, 6) is -0.395. The predicted molar refractivity (Wildman–Crippen MR) is 92.6 cm³/mol. The molecule has 24 heavy (non-hydrogen) atoms. The van der Waals surface area contributed by atoms with E-state index in [4.69, 9.17) is 14.2 Å². The summed E-state index contributed by atoms with van der Waals surface area (Å²) in [6.07, 6.45) is 5.89. The molecule has 1 atom stereocenters. The van der Waals surface area contributed by atoms with Crippen LogP contribution in [-0.4, -0.2) is 37.9 Å². The van der Waals surface area contributed by atoms with Crippen LogP contribution in [0.4, 0.5) is 0 Å². The summed E-state index contributed by atoms with van der Waals surface area (Å²) in [6.45, 7) is 8.36. The van der Waals surface area contributed by atoms with E-state index in [9.17, 15) is 9.59 Å². The number of ether oxygens (including phenoxy) is 3. The van der Waals surface area contributed by atoms with Crippen LogP contribution in [0, 0.1) is 11.3 Å². The summed E-state index contributed by atoms with van der Waals surface area (Å²) in [4.78, 5) is 24.2. The summed E-state index contributed by atoms with van der Waals surface area (Å²) in [5.41, 5.74) is -0.945. The molecule has 0 bridgehead atoms. The molecule has 1 rings (SSSR count). The number of carbonyl (C=O) groups excluding carboxylic acids is 2. The van der Waals surface area contributed by atoms with Gasteiger partial charge in [0.05, 0.1) is 18.4 Å². The minimum atomic E-state index is -0.512. The maximum absolute atomic E-state index is 12.3. The molecule has 0 spiro atoms. The van der Waals surface area contributed by atoms with Gasteiger partial charge in [-0.1, -0.05) is 20.3 Å². The summed E-state index contributed by atoms with van der Waals surface area (Å²) < 4.78 is 16.4. The van der Waals surface area contributed by atoms with Gasteiger partial charge in [0.2, 0.25) is 0 Å². The molecule has 1 fully saturated rings. The predicted octanol–water partition coefficient (Wildman–Crippen LogP) is 3.88. The van der Waals surface area contributed by atoms with Crippen LogP contribution in [0.5, 0.6) is 0 Å². The molecular formula is C19H34O5. The molecule has 0 N–H and O–H groups in total. The Labute approximate surface area is 146 Å². The van der Waals surface area contributed by atoms with E-state index in [-0.39, 0.29) is 30.9 Å². The standard InChI is InChI=1S/C19H34O5/c1-6-18(3,4)17(21)23-13-10-16(20)24-19(15(2)14-22-5)11-8-7-9-12-19/h15H,6-14H2,1-5H3. The van der Waals surface area contributed by atoms with Gasteiger partial charge >= 0.3 is 11.9 Å². The molecule has 1 aliphatic rings. The molecule has 5 nitrogen and oxygen atoms in total. The molecule has 1 saturated carbocycles. The molecule has 0 aromatic heterocycles. The van der Waals surface area contributed by atoms with Crippen molar-refractivity contribution < 1.29 is 23.8 Å². The quantitative estimate of drug-likeness (QED) is 0.595. The van der Waals surface area contributed by atoms with Crippen LogP contribution in [0.25, 0.3) is 0 Å². The molecule has 0 amide bonds. The zero-order chi connectivity index (χ0) is 18.2. The van der Waals surface area contributed by atoms with Crippen molar-refractivity contribution in [1.82, 2.24) is 0 Å². The lowest BCUT2D eigenvalue weighted by atomic mass is 9.76. The van der Waals surface area contributed by atoms with E-state index in [1.807, 2.05) is 20.8 Å². The Morgan fingerprint density at radius 3 is 2.33 bits per heavy atom. The molecule has 0 aliphatic heterocycles. The van der Waals surface area contributed by atoms with Crippen molar-refractivity contribution in [2.45, 2.75) is 78.2 Å². The van der Waals surface area contributed by atoms with E-state index in [0.29, 0.717) is 13.0 Å². The average molecular weight is 342 g/mol. The third-order valence-electron chi connectivity index (χ3n) is 5.31. The lowest BCUT2D eigenvalue weighted by Crippen LogP contribution is -2.45. The summed E-state index contributed by atoms with van der Waals surface area (Å²) >= 11 is 0. The van der Waals surface area contributed by atoms with Crippen LogP contribution >= 0.6 is 0 Å². The number of hydrogen-bond donors (Lipinski definition) is 0. The Morgan fingerprint density at radius 1 is 1.17 bits per heavy atom. The van der Waals surface area contributed by atoms with Crippen molar-refractivity contribution in [3.63, 3.8) is 0 Å². The fraction of sp³-hybridized carbons (Fsp3) is 0.895. The largest absolute Gasteiger partial charge is 0.465 e. The van der Waals surface area contributed by atoms with Gasteiger partial charge in [0.1, 0.15) is 12.2 Å². The van der Waals surface area contributed by atoms with E-state index in [1.54, 1.807) is 7.11 Å². The lowest BCUT2D eigenvalue weighted by Gasteiger charge is -2.41.